The van der Waals surface area contributed by atoms with E-state index in [0.29, 0.717) is 6.04 Å². The van der Waals surface area contributed by atoms with Crippen LogP contribution in [0.15, 0.2) is 12.4 Å². The molecule has 0 spiro atoms. The molecular weight excluding hydrogens is 310 g/mol. The number of rotatable bonds is 4. The molecule has 1 aliphatic heterocycles. The van der Waals surface area contributed by atoms with Gasteiger partial charge in [0.1, 0.15) is 10.8 Å². The maximum absolute atomic E-state index is 13.0. The van der Waals surface area contributed by atoms with Gasteiger partial charge in [-0.25, -0.2) is 4.98 Å². The van der Waals surface area contributed by atoms with Gasteiger partial charge in [0.25, 0.3) is 5.91 Å². The molecule has 1 saturated heterocycles. The number of hydrogen-bond acceptors (Lipinski definition) is 5. The Morgan fingerprint density at radius 2 is 2.35 bits per heavy atom. The van der Waals surface area contributed by atoms with Gasteiger partial charge in [0.05, 0.1) is 17.3 Å². The van der Waals surface area contributed by atoms with E-state index in [1.54, 1.807) is 0 Å². The molecule has 23 heavy (non-hydrogen) atoms. The summed E-state index contributed by atoms with van der Waals surface area (Å²) in [7, 11) is 1.84. The van der Waals surface area contributed by atoms with E-state index in [1.165, 1.54) is 11.5 Å². The molecular formula is C16H23N5OS. The Labute approximate surface area is 140 Å². The summed E-state index contributed by atoms with van der Waals surface area (Å²) in [6.45, 7) is 5.56. The molecule has 3 rings (SSSR count). The number of anilines is 1. The number of piperidine rings is 1. The van der Waals surface area contributed by atoms with Crippen molar-refractivity contribution in [1.29, 1.82) is 0 Å². The molecule has 0 aromatic carbocycles. The smallest absolute Gasteiger partial charge is 0.258 e. The molecule has 0 aliphatic carbocycles. The molecule has 6 nitrogen and oxygen atoms in total. The standard InChI is InChI=1S/C16H23N5OS/c1-4-13-18-7-9-21(13)12-6-5-8-20(10-12)16(22)14-11(2)19-23-15(14)17-3/h7,9,12,17H,4-6,8,10H2,1-3H3/t12-/m0/s1. The highest BCUT2D eigenvalue weighted by molar-refractivity contribution is 7.10. The van der Waals surface area contributed by atoms with Crippen LogP contribution in [0.4, 0.5) is 5.00 Å². The highest BCUT2D eigenvalue weighted by Gasteiger charge is 2.29. The van der Waals surface area contributed by atoms with Crippen molar-refractivity contribution in [2.75, 3.05) is 25.5 Å². The molecule has 1 amide bonds. The van der Waals surface area contributed by atoms with Gasteiger partial charge in [-0.15, -0.1) is 0 Å². The van der Waals surface area contributed by atoms with Gasteiger partial charge in [-0.3, -0.25) is 4.79 Å². The first kappa shape index (κ1) is 16.0. The summed E-state index contributed by atoms with van der Waals surface area (Å²) in [4.78, 5) is 19.3. The second kappa shape index (κ2) is 6.70. The first-order chi connectivity index (χ1) is 11.2. The fourth-order valence-corrected chi connectivity index (χ4v) is 4.00. The number of imidazole rings is 1. The number of aromatic nitrogens is 3. The quantitative estimate of drug-likeness (QED) is 0.934. The van der Waals surface area contributed by atoms with Crippen LogP contribution in [0.5, 0.6) is 0 Å². The second-order valence-corrected chi connectivity index (χ2v) is 6.65. The highest BCUT2D eigenvalue weighted by Crippen LogP contribution is 2.29. The average molecular weight is 333 g/mol. The van der Waals surface area contributed by atoms with Crippen LogP contribution in [-0.2, 0) is 6.42 Å². The van der Waals surface area contributed by atoms with Crippen molar-refractivity contribution in [2.24, 2.45) is 0 Å². The van der Waals surface area contributed by atoms with E-state index in [2.05, 4.69) is 26.2 Å². The first-order valence-corrected chi connectivity index (χ1v) is 8.88. The predicted octanol–water partition coefficient (Wildman–Crippen LogP) is 2.73. The van der Waals surface area contributed by atoms with Crippen LogP contribution in [0.3, 0.4) is 0 Å². The Hall–Kier alpha value is -1.89. The molecule has 1 fully saturated rings. The van der Waals surface area contributed by atoms with Gasteiger partial charge in [-0.1, -0.05) is 6.92 Å². The molecule has 0 saturated carbocycles. The molecule has 0 unspecified atom stereocenters. The Balaban J connectivity index is 1.81. The number of aryl methyl sites for hydroxylation is 2. The van der Waals surface area contributed by atoms with Crippen LogP contribution in [-0.4, -0.2) is 44.9 Å². The largest absolute Gasteiger partial charge is 0.378 e. The van der Waals surface area contributed by atoms with Crippen LogP contribution in [0, 0.1) is 6.92 Å². The third-order valence-electron chi connectivity index (χ3n) is 4.45. The predicted molar refractivity (Wildman–Crippen MR) is 92.2 cm³/mol. The topological polar surface area (TPSA) is 63.1 Å². The summed E-state index contributed by atoms with van der Waals surface area (Å²) in [6.07, 6.45) is 6.91. The molecule has 2 aromatic rings. The monoisotopic (exact) mass is 333 g/mol. The minimum absolute atomic E-state index is 0.0865. The van der Waals surface area contributed by atoms with E-state index in [1.807, 2.05) is 31.3 Å². The van der Waals surface area contributed by atoms with E-state index in [0.717, 1.165) is 54.4 Å². The lowest BCUT2D eigenvalue weighted by Crippen LogP contribution is -2.41. The molecule has 0 bridgehead atoms. The zero-order valence-electron chi connectivity index (χ0n) is 13.9. The lowest BCUT2D eigenvalue weighted by molar-refractivity contribution is 0.0678. The van der Waals surface area contributed by atoms with Crippen molar-refractivity contribution < 1.29 is 4.79 Å². The van der Waals surface area contributed by atoms with Crippen LogP contribution < -0.4 is 5.32 Å². The number of nitrogens with one attached hydrogen (secondary N) is 1. The third-order valence-corrected chi connectivity index (χ3v) is 5.40. The Bertz CT molecular complexity index is 692. The lowest BCUT2D eigenvalue weighted by atomic mass is 10.0. The molecule has 1 atom stereocenters. The lowest BCUT2D eigenvalue weighted by Gasteiger charge is -2.34. The van der Waals surface area contributed by atoms with Crippen molar-refractivity contribution in [3.8, 4) is 0 Å². The number of nitrogens with zero attached hydrogens (tertiary/aromatic N) is 4. The van der Waals surface area contributed by atoms with Crippen molar-refractivity contribution in [1.82, 2.24) is 18.8 Å². The van der Waals surface area contributed by atoms with Crippen molar-refractivity contribution in [3.05, 3.63) is 29.5 Å². The first-order valence-electron chi connectivity index (χ1n) is 8.10. The van der Waals surface area contributed by atoms with Gasteiger partial charge in [0, 0.05) is 39.0 Å². The van der Waals surface area contributed by atoms with Gasteiger partial charge in [-0.05, 0) is 31.3 Å². The molecule has 1 aliphatic rings. The Morgan fingerprint density at radius 1 is 1.52 bits per heavy atom. The van der Waals surface area contributed by atoms with Gasteiger partial charge >= 0.3 is 0 Å². The molecule has 124 valence electrons. The number of carbonyl (C=O) groups is 1. The maximum Gasteiger partial charge on any atom is 0.258 e. The van der Waals surface area contributed by atoms with Crippen molar-refractivity contribution in [2.45, 2.75) is 39.2 Å². The molecule has 0 radical (unpaired) electrons. The number of likely N-dealkylation sites (tertiary alicyclic amines) is 1. The zero-order valence-corrected chi connectivity index (χ0v) is 14.7. The van der Waals surface area contributed by atoms with Gasteiger partial charge in [0.15, 0.2) is 0 Å². The Morgan fingerprint density at radius 3 is 3.09 bits per heavy atom. The number of amides is 1. The Kier molecular flexibility index (Phi) is 4.66. The van der Waals surface area contributed by atoms with Crippen LogP contribution >= 0.6 is 11.5 Å². The van der Waals surface area contributed by atoms with E-state index in [9.17, 15) is 4.79 Å². The van der Waals surface area contributed by atoms with Crippen molar-refractivity contribution in [3.63, 3.8) is 0 Å². The number of hydrogen-bond donors (Lipinski definition) is 1. The third kappa shape index (κ3) is 2.97. The van der Waals surface area contributed by atoms with Gasteiger partial charge < -0.3 is 14.8 Å². The summed E-state index contributed by atoms with van der Waals surface area (Å²) >= 11 is 1.35. The van der Waals surface area contributed by atoms with Gasteiger partial charge in [-0.2, -0.15) is 4.37 Å². The van der Waals surface area contributed by atoms with Crippen LogP contribution in [0.2, 0.25) is 0 Å². The molecule has 1 N–H and O–H groups in total. The molecule has 3 heterocycles. The van der Waals surface area contributed by atoms with Crippen LogP contribution in [0.25, 0.3) is 0 Å². The summed E-state index contributed by atoms with van der Waals surface area (Å²) in [6, 6.07) is 0.315. The fourth-order valence-electron chi connectivity index (χ4n) is 3.27. The highest BCUT2D eigenvalue weighted by atomic mass is 32.1. The maximum atomic E-state index is 13.0. The van der Waals surface area contributed by atoms with E-state index < -0.39 is 0 Å². The van der Waals surface area contributed by atoms with E-state index in [-0.39, 0.29) is 5.91 Å². The van der Waals surface area contributed by atoms with E-state index in [4.69, 9.17) is 0 Å². The van der Waals surface area contributed by atoms with Crippen LogP contribution in [0.1, 0.15) is 47.7 Å². The molecule has 2 aromatic heterocycles. The zero-order chi connectivity index (χ0) is 16.4. The fraction of sp³-hybridized carbons (Fsp3) is 0.562. The van der Waals surface area contributed by atoms with Crippen molar-refractivity contribution >= 4 is 22.4 Å². The van der Waals surface area contributed by atoms with Gasteiger partial charge in [0.2, 0.25) is 0 Å². The summed E-state index contributed by atoms with van der Waals surface area (Å²) < 4.78 is 6.55. The summed E-state index contributed by atoms with van der Waals surface area (Å²) in [5.41, 5.74) is 1.53. The normalized spacial score (nSPS) is 18.2. The minimum Gasteiger partial charge on any atom is -0.378 e. The second-order valence-electron chi connectivity index (χ2n) is 5.87. The minimum atomic E-state index is 0.0865. The molecule has 7 heteroatoms. The average Bonchev–Trinajstić information content (AvgIpc) is 3.20. The number of carbonyl (C=O) groups excluding carboxylic acids is 1. The SMILES string of the molecule is CCc1nccn1[C@H]1CCCN(C(=O)c2c(C)nsc2NC)C1. The summed E-state index contributed by atoms with van der Waals surface area (Å²) in [5.74, 6) is 1.18. The van der Waals surface area contributed by atoms with E-state index >= 15 is 0 Å². The summed E-state index contributed by atoms with van der Waals surface area (Å²) in [5, 5.41) is 3.94.